The van der Waals surface area contributed by atoms with Crippen LogP contribution >= 0.6 is 27.5 Å². The molecule has 2 amide bonds. The molecule has 33 heavy (non-hydrogen) atoms. The van der Waals surface area contributed by atoms with Crippen molar-refractivity contribution in [2.75, 3.05) is 19.6 Å². The topological polar surface area (TPSA) is 84.3 Å². The van der Waals surface area contributed by atoms with Crippen molar-refractivity contribution in [1.29, 1.82) is 0 Å². The van der Waals surface area contributed by atoms with Gasteiger partial charge in [-0.1, -0.05) is 37.6 Å². The molecule has 0 saturated carbocycles. The molecule has 0 aliphatic carbocycles. The molecule has 2 aromatic heterocycles. The molecule has 1 fully saturated rings. The Morgan fingerprint density at radius 1 is 1.18 bits per heavy atom. The number of nitrogens with zero attached hydrogens (tertiary/aromatic N) is 3. The maximum atomic E-state index is 13.2. The predicted octanol–water partition coefficient (Wildman–Crippen LogP) is 3.65. The quantitative estimate of drug-likeness (QED) is 0.526. The third-order valence-electron chi connectivity index (χ3n) is 5.63. The average molecular weight is 532 g/mol. The molecular weight excluding hydrogens is 508 g/mol. The molecule has 0 radical (unpaired) electrons. The lowest BCUT2D eigenvalue weighted by atomic mass is 9.84. The molecule has 4 rings (SSSR count). The number of carbonyl (C=O) groups excluding carboxylic acids is 2. The van der Waals surface area contributed by atoms with Gasteiger partial charge in [0.15, 0.2) is 0 Å². The first-order valence-electron chi connectivity index (χ1n) is 10.6. The molecule has 9 heteroatoms. The number of carbonyl (C=O) groups is 2. The van der Waals surface area contributed by atoms with E-state index in [4.69, 9.17) is 11.6 Å². The van der Waals surface area contributed by atoms with Gasteiger partial charge in [0.05, 0.1) is 0 Å². The highest BCUT2D eigenvalue weighted by Crippen LogP contribution is 2.29. The fourth-order valence-electron chi connectivity index (χ4n) is 4.01. The normalized spacial score (nSPS) is 14.7. The number of hydrogen-bond acceptors (Lipinski definition) is 4. The van der Waals surface area contributed by atoms with E-state index in [1.165, 1.54) is 10.6 Å². The van der Waals surface area contributed by atoms with Crippen LogP contribution in [0.25, 0.3) is 11.0 Å². The van der Waals surface area contributed by atoms with Crippen LogP contribution in [-0.2, 0) is 17.8 Å². The molecule has 3 heterocycles. The number of rotatable bonds is 6. The van der Waals surface area contributed by atoms with Crippen molar-refractivity contribution in [2.24, 2.45) is 5.41 Å². The van der Waals surface area contributed by atoms with E-state index in [2.05, 4.69) is 40.1 Å². The van der Waals surface area contributed by atoms with E-state index in [-0.39, 0.29) is 23.4 Å². The summed E-state index contributed by atoms with van der Waals surface area (Å²) in [5.74, 6) is -0.648. The van der Waals surface area contributed by atoms with Crippen molar-refractivity contribution in [3.8, 4) is 0 Å². The Balaban J connectivity index is 1.57. The van der Waals surface area contributed by atoms with E-state index in [1.54, 1.807) is 29.3 Å². The first-order chi connectivity index (χ1) is 15.6. The summed E-state index contributed by atoms with van der Waals surface area (Å²) in [6.07, 6.45) is 2.17. The summed E-state index contributed by atoms with van der Waals surface area (Å²) in [6, 6.07) is 10.7. The van der Waals surface area contributed by atoms with E-state index in [0.717, 1.165) is 5.56 Å². The number of likely N-dealkylation sites (tertiary alicyclic amines) is 1. The Bertz CT molecular complexity index is 1280. The Labute approximate surface area is 204 Å². The summed E-state index contributed by atoms with van der Waals surface area (Å²) in [6.45, 7) is 5.66. The Morgan fingerprint density at radius 2 is 1.88 bits per heavy atom. The smallest absolute Gasteiger partial charge is 0.265 e. The van der Waals surface area contributed by atoms with Crippen molar-refractivity contribution in [1.82, 2.24) is 19.8 Å². The third-order valence-corrected chi connectivity index (χ3v) is 6.32. The zero-order valence-electron chi connectivity index (χ0n) is 18.4. The minimum Gasteiger partial charge on any atom is -0.352 e. The first-order valence-corrected chi connectivity index (χ1v) is 11.8. The van der Waals surface area contributed by atoms with Crippen LogP contribution in [0.1, 0.15) is 29.8 Å². The molecule has 0 atom stereocenters. The molecule has 1 N–H and O–H groups in total. The summed E-state index contributed by atoms with van der Waals surface area (Å²) in [7, 11) is 0. The monoisotopic (exact) mass is 530 g/mol. The van der Waals surface area contributed by atoms with Crippen LogP contribution < -0.4 is 10.9 Å². The molecule has 0 spiro atoms. The molecule has 1 saturated heterocycles. The van der Waals surface area contributed by atoms with E-state index in [1.807, 2.05) is 12.1 Å². The van der Waals surface area contributed by atoms with Crippen molar-refractivity contribution in [3.05, 3.63) is 73.6 Å². The number of nitrogens with one attached hydrogen (secondary N) is 1. The molecule has 1 aromatic carbocycles. The van der Waals surface area contributed by atoms with Gasteiger partial charge in [-0.25, -0.2) is 4.98 Å². The number of halogens is 2. The summed E-state index contributed by atoms with van der Waals surface area (Å²) in [5, 5.41) is 4.06. The van der Waals surface area contributed by atoms with Gasteiger partial charge in [0.2, 0.25) is 5.91 Å². The number of aromatic nitrogens is 2. The van der Waals surface area contributed by atoms with Crippen molar-refractivity contribution < 1.29 is 9.59 Å². The van der Waals surface area contributed by atoms with Gasteiger partial charge in [0, 0.05) is 40.7 Å². The fraction of sp³-hybridized carbons (Fsp3) is 0.333. The van der Waals surface area contributed by atoms with Gasteiger partial charge < -0.3 is 10.2 Å². The zero-order valence-corrected chi connectivity index (χ0v) is 20.7. The first kappa shape index (κ1) is 23.4. The molecule has 1 aliphatic heterocycles. The standard InChI is InChI=1S/C24H24BrClN4O3/c1-24(2)13-29(14-24)20(31)12-30-21-16(9-17(25)11-28-21)10-19(23(30)33)22(32)27-8-7-15-3-5-18(26)6-4-15/h3-6,9-11H,7-8,12-14H2,1-2H3,(H,27,32). The van der Waals surface area contributed by atoms with Crippen LogP contribution in [-0.4, -0.2) is 45.9 Å². The van der Waals surface area contributed by atoms with E-state index in [9.17, 15) is 14.4 Å². The van der Waals surface area contributed by atoms with Gasteiger partial charge in [0.1, 0.15) is 17.8 Å². The Morgan fingerprint density at radius 3 is 2.55 bits per heavy atom. The van der Waals surface area contributed by atoms with Crippen LogP contribution in [0.4, 0.5) is 0 Å². The molecule has 1 aliphatic rings. The minimum atomic E-state index is -0.533. The average Bonchev–Trinajstić information content (AvgIpc) is 2.74. The van der Waals surface area contributed by atoms with Crippen molar-refractivity contribution in [3.63, 3.8) is 0 Å². The highest BCUT2D eigenvalue weighted by Gasteiger charge is 2.37. The number of benzene rings is 1. The summed E-state index contributed by atoms with van der Waals surface area (Å²) in [4.78, 5) is 45.0. The Hall–Kier alpha value is -2.71. The highest BCUT2D eigenvalue weighted by atomic mass is 79.9. The van der Waals surface area contributed by atoms with Crippen LogP contribution in [0.5, 0.6) is 0 Å². The van der Waals surface area contributed by atoms with Gasteiger partial charge in [0.25, 0.3) is 11.5 Å². The second-order valence-corrected chi connectivity index (χ2v) is 10.4. The summed E-state index contributed by atoms with van der Waals surface area (Å²) >= 11 is 9.29. The second kappa shape index (κ2) is 9.27. The molecule has 172 valence electrons. The van der Waals surface area contributed by atoms with Crippen molar-refractivity contribution >= 4 is 50.4 Å². The number of amides is 2. The van der Waals surface area contributed by atoms with Crippen molar-refractivity contribution in [2.45, 2.75) is 26.8 Å². The van der Waals surface area contributed by atoms with Crippen LogP contribution in [0.2, 0.25) is 5.02 Å². The summed E-state index contributed by atoms with van der Waals surface area (Å²) < 4.78 is 2.01. The SMILES string of the molecule is CC1(C)CN(C(=O)Cn2c(=O)c(C(=O)NCCc3ccc(Cl)cc3)cc3cc(Br)cnc32)C1. The number of pyridine rings is 2. The largest absolute Gasteiger partial charge is 0.352 e. The lowest BCUT2D eigenvalue weighted by Gasteiger charge is -2.45. The predicted molar refractivity (Wildman–Crippen MR) is 132 cm³/mol. The van der Waals surface area contributed by atoms with E-state index < -0.39 is 11.5 Å². The second-order valence-electron chi connectivity index (χ2n) is 9.06. The lowest BCUT2D eigenvalue weighted by Crippen LogP contribution is -2.56. The number of fused-ring (bicyclic) bond motifs is 1. The molecular formula is C24H24BrClN4O3. The fourth-order valence-corrected chi connectivity index (χ4v) is 4.49. The lowest BCUT2D eigenvalue weighted by molar-refractivity contribution is -0.142. The van der Waals surface area contributed by atoms with Crippen LogP contribution in [0, 0.1) is 5.41 Å². The summed E-state index contributed by atoms with van der Waals surface area (Å²) in [5.41, 5.74) is 0.919. The van der Waals surface area contributed by atoms with E-state index in [0.29, 0.717) is 46.6 Å². The van der Waals surface area contributed by atoms with E-state index >= 15 is 0 Å². The van der Waals surface area contributed by atoms with Gasteiger partial charge in [-0.15, -0.1) is 0 Å². The van der Waals surface area contributed by atoms with Crippen LogP contribution in [0.3, 0.4) is 0 Å². The highest BCUT2D eigenvalue weighted by molar-refractivity contribution is 9.10. The number of hydrogen-bond donors (Lipinski definition) is 1. The zero-order chi connectivity index (χ0) is 23.8. The van der Waals surface area contributed by atoms with Gasteiger partial charge in [-0.05, 0) is 57.6 Å². The molecule has 0 unspecified atom stereocenters. The Kier molecular flexibility index (Phi) is 6.59. The minimum absolute atomic E-state index is 0.0183. The van der Waals surface area contributed by atoms with Gasteiger partial charge in [-0.3, -0.25) is 19.0 Å². The van der Waals surface area contributed by atoms with Crippen LogP contribution in [0.15, 0.2) is 51.9 Å². The van der Waals surface area contributed by atoms with Gasteiger partial charge in [-0.2, -0.15) is 0 Å². The molecule has 7 nitrogen and oxygen atoms in total. The molecule has 3 aromatic rings. The maximum Gasteiger partial charge on any atom is 0.265 e. The third kappa shape index (κ3) is 5.28. The maximum absolute atomic E-state index is 13.2. The van der Waals surface area contributed by atoms with Gasteiger partial charge >= 0.3 is 0 Å². The molecule has 0 bridgehead atoms.